The lowest BCUT2D eigenvalue weighted by atomic mass is 10.0. The molecule has 5 rings (SSSR count). The third-order valence-electron chi connectivity index (χ3n) is 7.14. The smallest absolute Gasteiger partial charge is 0.293 e. The van der Waals surface area contributed by atoms with Gasteiger partial charge in [0.1, 0.15) is 11.4 Å². The molecule has 5 aromatic rings. The van der Waals surface area contributed by atoms with E-state index in [0.717, 1.165) is 22.5 Å². The number of aromatic hydroxyl groups is 1. The molecule has 0 unspecified atom stereocenters. The van der Waals surface area contributed by atoms with Crippen LogP contribution in [0.15, 0.2) is 102 Å². The zero-order chi connectivity index (χ0) is 30.7. The Morgan fingerprint density at radius 3 is 2.44 bits per heavy atom. The molecule has 9 heteroatoms. The molecule has 1 amide bonds. The number of aryl methyl sites for hydroxylation is 1. The average molecular weight is 576 g/mol. The van der Waals surface area contributed by atoms with Crippen LogP contribution in [0.4, 0.5) is 22.9 Å². The number of amides is 1. The van der Waals surface area contributed by atoms with E-state index < -0.39 is 0 Å². The third-order valence-corrected chi connectivity index (χ3v) is 7.14. The van der Waals surface area contributed by atoms with Gasteiger partial charge in [0.15, 0.2) is 18.2 Å². The van der Waals surface area contributed by atoms with Gasteiger partial charge in [0.2, 0.25) is 5.69 Å². The van der Waals surface area contributed by atoms with E-state index in [1.807, 2.05) is 72.5 Å². The van der Waals surface area contributed by atoms with E-state index in [0.29, 0.717) is 29.2 Å². The van der Waals surface area contributed by atoms with Crippen molar-refractivity contribution in [3.63, 3.8) is 0 Å². The summed E-state index contributed by atoms with van der Waals surface area (Å²) in [4.78, 5) is 33.3. The van der Waals surface area contributed by atoms with Crippen LogP contribution < -0.4 is 26.1 Å². The van der Waals surface area contributed by atoms with Gasteiger partial charge in [-0.15, -0.1) is 0 Å². The van der Waals surface area contributed by atoms with Crippen LogP contribution >= 0.6 is 0 Å². The number of nitrogens with two attached hydrogens (primary N) is 1. The summed E-state index contributed by atoms with van der Waals surface area (Å²) in [5.74, 6) is 0.477. The van der Waals surface area contributed by atoms with Gasteiger partial charge in [-0.2, -0.15) is 4.57 Å². The Kier molecular flexibility index (Phi) is 8.25. The number of benzene rings is 3. The summed E-state index contributed by atoms with van der Waals surface area (Å²) in [6.45, 7) is 6.68. The first-order valence-corrected chi connectivity index (χ1v) is 14.0. The minimum absolute atomic E-state index is 0.0724. The van der Waals surface area contributed by atoms with Gasteiger partial charge in [-0.3, -0.25) is 9.59 Å². The number of aromatic nitrogens is 3. The number of hydrogen-bond acceptors (Lipinski definition) is 6. The summed E-state index contributed by atoms with van der Waals surface area (Å²) in [6.07, 6.45) is 5.12. The predicted octanol–water partition coefficient (Wildman–Crippen LogP) is 5.37. The lowest BCUT2D eigenvalue weighted by Gasteiger charge is -2.27. The molecule has 9 nitrogen and oxygen atoms in total. The SMILES string of the molecule is Cc1c(-c2cn(C)c(=O)c(Nc3ccc(-[n+]4ccc(O)cc4)c(N)c3)n2)cccc1N(CC(C)C)C(=O)c1ccccc1. The van der Waals surface area contributed by atoms with Crippen LogP contribution in [-0.4, -0.2) is 27.1 Å². The van der Waals surface area contributed by atoms with Crippen LogP contribution in [0.25, 0.3) is 16.9 Å². The summed E-state index contributed by atoms with van der Waals surface area (Å²) in [7, 11) is 1.68. The maximum atomic E-state index is 13.6. The van der Waals surface area contributed by atoms with Crippen LogP contribution in [0.3, 0.4) is 0 Å². The lowest BCUT2D eigenvalue weighted by molar-refractivity contribution is -0.594. The summed E-state index contributed by atoms with van der Waals surface area (Å²) in [5, 5.41) is 12.7. The maximum absolute atomic E-state index is 13.6. The Hall–Kier alpha value is -5.44. The van der Waals surface area contributed by atoms with E-state index in [2.05, 4.69) is 19.2 Å². The van der Waals surface area contributed by atoms with Crippen molar-refractivity contribution in [2.75, 3.05) is 22.5 Å². The van der Waals surface area contributed by atoms with Gasteiger partial charge in [0.05, 0.1) is 5.69 Å². The third kappa shape index (κ3) is 6.25. The van der Waals surface area contributed by atoms with Crippen LogP contribution in [0.1, 0.15) is 29.8 Å². The van der Waals surface area contributed by atoms with Crippen molar-refractivity contribution in [1.29, 1.82) is 0 Å². The quantitative estimate of drug-likeness (QED) is 0.169. The number of carbonyl (C=O) groups excluding carboxylic acids is 1. The van der Waals surface area contributed by atoms with Gasteiger partial charge in [-0.25, -0.2) is 4.98 Å². The molecule has 0 bridgehead atoms. The first-order chi connectivity index (χ1) is 20.6. The second-order valence-electron chi connectivity index (χ2n) is 10.9. The Morgan fingerprint density at radius 2 is 1.77 bits per heavy atom. The summed E-state index contributed by atoms with van der Waals surface area (Å²) < 4.78 is 3.28. The minimum atomic E-state index is -0.297. The summed E-state index contributed by atoms with van der Waals surface area (Å²) >= 11 is 0. The van der Waals surface area contributed by atoms with E-state index >= 15 is 0 Å². The van der Waals surface area contributed by atoms with Crippen LogP contribution in [0.2, 0.25) is 0 Å². The number of nitrogens with zero attached hydrogens (tertiary/aromatic N) is 4. The van der Waals surface area contributed by atoms with Crippen molar-refractivity contribution in [2.45, 2.75) is 20.8 Å². The van der Waals surface area contributed by atoms with Crippen LogP contribution in [-0.2, 0) is 7.05 Å². The largest absolute Gasteiger partial charge is 0.507 e. The van der Waals surface area contributed by atoms with Crippen molar-refractivity contribution in [3.05, 3.63) is 119 Å². The van der Waals surface area contributed by atoms with Crippen molar-refractivity contribution in [1.82, 2.24) is 9.55 Å². The molecule has 3 aromatic carbocycles. The molecule has 0 fully saturated rings. The molecule has 43 heavy (non-hydrogen) atoms. The van der Waals surface area contributed by atoms with E-state index in [1.54, 1.807) is 48.4 Å². The van der Waals surface area contributed by atoms with Crippen LogP contribution in [0, 0.1) is 12.8 Å². The molecule has 2 aromatic heterocycles. The molecule has 0 aliphatic heterocycles. The molecule has 0 aliphatic carbocycles. The van der Waals surface area contributed by atoms with Crippen molar-refractivity contribution in [2.24, 2.45) is 13.0 Å². The second kappa shape index (κ2) is 12.2. The number of nitrogens with one attached hydrogen (secondary N) is 1. The van der Waals surface area contributed by atoms with E-state index in [9.17, 15) is 14.7 Å². The molecular weight excluding hydrogens is 540 g/mol. The molecule has 0 saturated carbocycles. The number of pyridine rings is 1. The Balaban J connectivity index is 1.50. The summed E-state index contributed by atoms with van der Waals surface area (Å²) in [5.41, 5.74) is 11.5. The molecule has 0 radical (unpaired) electrons. The number of anilines is 4. The van der Waals surface area contributed by atoms with E-state index in [1.165, 1.54) is 4.57 Å². The fraction of sp³-hybridized carbons (Fsp3) is 0.176. The standard InChI is InChI=1S/C34H34N6O3/c1-22(2)20-40(33(42)24-9-6-5-7-10-24)30-12-8-11-27(23(30)3)29-21-38(4)34(43)32(37-29)36-25-13-14-31(28(35)19-25)39-17-15-26(41)16-18-39/h5-19,21-22H,20,35H2,1-4H3,(H,36,37)/p+1. The maximum Gasteiger partial charge on any atom is 0.293 e. The van der Waals surface area contributed by atoms with Crippen molar-refractivity contribution < 1.29 is 14.5 Å². The monoisotopic (exact) mass is 575 g/mol. The average Bonchev–Trinajstić information content (AvgIpc) is 2.99. The molecule has 4 N–H and O–H groups in total. The van der Waals surface area contributed by atoms with E-state index in [4.69, 9.17) is 10.7 Å². The molecule has 2 heterocycles. The van der Waals surface area contributed by atoms with Gasteiger partial charge in [-0.05, 0) is 48.7 Å². The van der Waals surface area contributed by atoms with Crippen molar-refractivity contribution >= 4 is 28.8 Å². The predicted molar refractivity (Wildman–Crippen MR) is 170 cm³/mol. The molecule has 218 valence electrons. The number of hydrogen-bond donors (Lipinski definition) is 3. The van der Waals surface area contributed by atoms with Gasteiger partial charge in [0.25, 0.3) is 11.5 Å². The minimum Gasteiger partial charge on any atom is -0.507 e. The Labute approximate surface area is 250 Å². The highest BCUT2D eigenvalue weighted by Gasteiger charge is 2.22. The topological polar surface area (TPSA) is 117 Å². The number of carbonyl (C=O) groups is 1. The summed E-state index contributed by atoms with van der Waals surface area (Å²) in [6, 6.07) is 23.6. The Bertz CT molecular complexity index is 1830. The molecular formula is C34H35N6O3+. The number of rotatable bonds is 8. The van der Waals surface area contributed by atoms with E-state index in [-0.39, 0.29) is 29.0 Å². The molecule has 0 saturated heterocycles. The molecule has 0 aliphatic rings. The fourth-order valence-electron chi connectivity index (χ4n) is 4.99. The first kappa shape index (κ1) is 29.1. The lowest BCUT2D eigenvalue weighted by Crippen LogP contribution is -2.34. The van der Waals surface area contributed by atoms with Gasteiger partial charge in [0, 0.05) is 60.5 Å². The second-order valence-corrected chi connectivity index (χ2v) is 10.9. The highest BCUT2D eigenvalue weighted by atomic mass is 16.3. The van der Waals surface area contributed by atoms with Gasteiger partial charge in [-0.1, -0.05) is 44.2 Å². The number of nitrogen functional groups attached to an aromatic ring is 1. The normalized spacial score (nSPS) is 11.0. The van der Waals surface area contributed by atoms with Crippen LogP contribution in [0.5, 0.6) is 5.75 Å². The molecule has 0 spiro atoms. The highest BCUT2D eigenvalue weighted by Crippen LogP contribution is 2.32. The van der Waals surface area contributed by atoms with Crippen molar-refractivity contribution in [3.8, 4) is 22.7 Å². The van der Waals surface area contributed by atoms with Gasteiger partial charge < -0.3 is 25.6 Å². The zero-order valence-electron chi connectivity index (χ0n) is 24.7. The Morgan fingerprint density at radius 1 is 1.05 bits per heavy atom. The van der Waals surface area contributed by atoms with Gasteiger partial charge >= 0.3 is 0 Å². The zero-order valence-corrected chi connectivity index (χ0v) is 24.7. The fourth-order valence-corrected chi connectivity index (χ4v) is 4.99. The highest BCUT2D eigenvalue weighted by molar-refractivity contribution is 6.07. The molecule has 0 atom stereocenters. The first-order valence-electron chi connectivity index (χ1n) is 14.0.